The maximum atomic E-state index is 11.3. The molecule has 0 radical (unpaired) electrons. The topological polar surface area (TPSA) is 47.9 Å². The zero-order valence-corrected chi connectivity index (χ0v) is 23.4. The van der Waals surface area contributed by atoms with Crippen molar-refractivity contribution in [2.75, 3.05) is 6.61 Å². The number of halogens is 2. The fraction of sp³-hybridized carbons (Fsp3) is 0.286. The summed E-state index contributed by atoms with van der Waals surface area (Å²) >= 11 is 4.47. The lowest BCUT2D eigenvalue weighted by Crippen LogP contribution is -2.42. The zero-order chi connectivity index (χ0) is 24.2. The van der Waals surface area contributed by atoms with Gasteiger partial charge < -0.3 is 19.3 Å². The lowest BCUT2D eigenvalue weighted by Gasteiger charge is -2.37. The summed E-state index contributed by atoms with van der Waals surface area (Å²) in [6, 6.07) is 30.4. The van der Waals surface area contributed by atoms with Crippen molar-refractivity contribution in [3.8, 4) is 0 Å². The number of aliphatic hydroxyl groups excluding tert-OH is 1. The molecule has 3 aromatic rings. The van der Waals surface area contributed by atoms with Gasteiger partial charge in [-0.1, -0.05) is 91.0 Å². The quantitative estimate of drug-likeness (QED) is 0.216. The molecule has 0 spiro atoms. The number of benzene rings is 3. The average Bonchev–Trinajstić information content (AvgIpc) is 3.14. The van der Waals surface area contributed by atoms with Crippen molar-refractivity contribution in [1.29, 1.82) is 0 Å². The Morgan fingerprint density at radius 3 is 1.74 bits per heavy atom. The smallest absolute Gasteiger partial charge is 0.164 e. The van der Waals surface area contributed by atoms with E-state index in [0.29, 0.717) is 0 Å². The molecule has 34 heavy (non-hydrogen) atoms. The molecule has 3 aromatic carbocycles. The number of aliphatic hydroxyl groups is 1. The molecule has 178 valence electrons. The molecule has 1 aliphatic rings. The summed E-state index contributed by atoms with van der Waals surface area (Å²) in [6.45, 7) is 3.79. The minimum atomic E-state index is -0.900. The van der Waals surface area contributed by atoms with Crippen LogP contribution in [0.15, 0.2) is 98.7 Å². The third-order valence-corrected chi connectivity index (χ3v) is 6.56. The van der Waals surface area contributed by atoms with Crippen LogP contribution >= 0.6 is 45.2 Å². The van der Waals surface area contributed by atoms with Crippen LogP contribution in [0.1, 0.15) is 30.5 Å². The Balaban J connectivity index is 1.73. The van der Waals surface area contributed by atoms with Crippen molar-refractivity contribution in [2.45, 2.75) is 43.5 Å². The van der Waals surface area contributed by atoms with Gasteiger partial charge in [0.25, 0.3) is 0 Å². The number of rotatable bonds is 8. The van der Waals surface area contributed by atoms with Crippen molar-refractivity contribution in [3.05, 3.63) is 115 Å². The fourth-order valence-corrected chi connectivity index (χ4v) is 5.15. The molecule has 1 unspecified atom stereocenters. The fourth-order valence-electron chi connectivity index (χ4n) is 4.44. The van der Waals surface area contributed by atoms with Crippen LogP contribution < -0.4 is 0 Å². The largest absolute Gasteiger partial charge is 0.388 e. The molecule has 1 saturated heterocycles. The normalized spacial score (nSPS) is 20.6. The highest BCUT2D eigenvalue weighted by Crippen LogP contribution is 2.41. The van der Waals surface area contributed by atoms with E-state index < -0.39 is 23.6 Å². The van der Waals surface area contributed by atoms with E-state index in [-0.39, 0.29) is 12.7 Å². The van der Waals surface area contributed by atoms with E-state index in [2.05, 4.69) is 81.6 Å². The van der Waals surface area contributed by atoms with Gasteiger partial charge in [-0.15, -0.1) is 0 Å². The summed E-state index contributed by atoms with van der Waals surface area (Å²) in [4.78, 5) is 0. The second kappa shape index (κ2) is 11.2. The first-order valence-corrected chi connectivity index (χ1v) is 13.3. The molecular weight excluding hydrogens is 654 g/mol. The van der Waals surface area contributed by atoms with Gasteiger partial charge >= 0.3 is 0 Å². The molecule has 0 bridgehead atoms. The molecule has 4 rings (SSSR count). The maximum absolute atomic E-state index is 11.3. The van der Waals surface area contributed by atoms with E-state index in [1.54, 1.807) is 0 Å². The van der Waals surface area contributed by atoms with Gasteiger partial charge in [0, 0.05) is 0 Å². The molecular formula is C28H28I2O4. The monoisotopic (exact) mass is 682 g/mol. The van der Waals surface area contributed by atoms with Crippen LogP contribution in [0.3, 0.4) is 0 Å². The van der Waals surface area contributed by atoms with E-state index in [0.717, 1.165) is 18.3 Å². The molecule has 1 heterocycles. The van der Waals surface area contributed by atoms with Crippen LogP contribution in [0.5, 0.6) is 0 Å². The second-order valence-corrected chi connectivity index (χ2v) is 13.1. The van der Waals surface area contributed by atoms with Crippen molar-refractivity contribution in [3.63, 3.8) is 0 Å². The highest BCUT2D eigenvalue weighted by atomic mass is 127. The number of ether oxygens (including phenoxy) is 3. The lowest BCUT2D eigenvalue weighted by molar-refractivity contribution is -0.160. The SMILES string of the molecule is CC1(C)O[C@H](C(O)COC(c2ccccc2)(c2ccccc2)c2ccccc2)[C@@H](C=C(I)I)O1. The van der Waals surface area contributed by atoms with E-state index in [9.17, 15) is 5.11 Å². The summed E-state index contributed by atoms with van der Waals surface area (Å²) < 4.78 is 20.0. The van der Waals surface area contributed by atoms with Crippen molar-refractivity contribution in [1.82, 2.24) is 0 Å². The van der Waals surface area contributed by atoms with Gasteiger partial charge in [0.05, 0.1) is 8.19 Å². The molecule has 0 aliphatic carbocycles. The maximum Gasteiger partial charge on any atom is 0.164 e. The minimum Gasteiger partial charge on any atom is -0.388 e. The predicted octanol–water partition coefficient (Wildman–Crippen LogP) is 6.59. The van der Waals surface area contributed by atoms with Gasteiger partial charge in [0.1, 0.15) is 23.9 Å². The van der Waals surface area contributed by atoms with Gasteiger partial charge in [0.15, 0.2) is 5.79 Å². The van der Waals surface area contributed by atoms with Gasteiger partial charge in [-0.05, 0) is 81.8 Å². The first-order chi connectivity index (χ1) is 16.3. The third-order valence-electron chi connectivity index (χ3n) is 5.84. The molecule has 6 heteroatoms. The molecule has 0 saturated carbocycles. The van der Waals surface area contributed by atoms with Gasteiger partial charge in [-0.3, -0.25) is 0 Å². The first-order valence-electron chi connectivity index (χ1n) is 11.2. The Bertz CT molecular complexity index is 986. The molecule has 0 aromatic heterocycles. The summed E-state index contributed by atoms with van der Waals surface area (Å²) in [5.41, 5.74) is 2.06. The average molecular weight is 682 g/mol. The van der Waals surface area contributed by atoms with E-state index in [1.165, 1.54) is 0 Å². The first kappa shape index (κ1) is 25.8. The molecule has 1 N–H and O–H groups in total. The summed E-state index contributed by atoms with van der Waals surface area (Å²) in [6.07, 6.45) is 0.167. The Hall–Kier alpha value is -1.30. The van der Waals surface area contributed by atoms with Crippen molar-refractivity contribution >= 4 is 45.2 Å². The van der Waals surface area contributed by atoms with E-state index >= 15 is 0 Å². The Morgan fingerprint density at radius 1 is 0.882 bits per heavy atom. The van der Waals surface area contributed by atoms with Crippen LogP contribution in [-0.2, 0) is 19.8 Å². The Kier molecular flexibility index (Phi) is 8.48. The van der Waals surface area contributed by atoms with Crippen LogP contribution in [0.4, 0.5) is 0 Å². The Labute approximate surface area is 228 Å². The highest BCUT2D eigenvalue weighted by Gasteiger charge is 2.45. The highest BCUT2D eigenvalue weighted by molar-refractivity contribution is 14.2. The van der Waals surface area contributed by atoms with E-state index in [4.69, 9.17) is 14.2 Å². The third kappa shape index (κ3) is 5.74. The van der Waals surface area contributed by atoms with Crippen LogP contribution in [-0.4, -0.2) is 35.8 Å². The predicted molar refractivity (Wildman–Crippen MR) is 151 cm³/mol. The van der Waals surface area contributed by atoms with Crippen LogP contribution in [0.2, 0.25) is 0 Å². The van der Waals surface area contributed by atoms with Crippen molar-refractivity contribution in [2.24, 2.45) is 0 Å². The molecule has 3 atom stereocenters. The molecule has 1 aliphatic heterocycles. The molecule has 1 fully saturated rings. The van der Waals surface area contributed by atoms with Crippen molar-refractivity contribution < 1.29 is 19.3 Å². The van der Waals surface area contributed by atoms with Gasteiger partial charge in [-0.2, -0.15) is 0 Å². The molecule has 4 nitrogen and oxygen atoms in total. The minimum absolute atomic E-state index is 0.0605. The standard InChI is InChI=1S/C28H28I2O4/c1-27(2)33-24(18-25(29)30)26(34-27)23(31)19-32-28(20-12-6-3-7-13-20,21-14-8-4-9-15-21)22-16-10-5-11-17-22/h3-18,23-24,26,31H,19H2,1-2H3/t23?,24-,26-/m1/s1. The number of hydrogen-bond donors (Lipinski definition) is 1. The lowest BCUT2D eigenvalue weighted by atomic mass is 9.80. The van der Waals surface area contributed by atoms with Crippen LogP contribution in [0, 0.1) is 0 Å². The van der Waals surface area contributed by atoms with Gasteiger partial charge in [0.2, 0.25) is 0 Å². The zero-order valence-electron chi connectivity index (χ0n) is 19.1. The molecule has 0 amide bonds. The van der Waals surface area contributed by atoms with Gasteiger partial charge in [-0.25, -0.2) is 0 Å². The van der Waals surface area contributed by atoms with Crippen LogP contribution in [0.25, 0.3) is 0 Å². The summed E-state index contributed by atoms with van der Waals surface area (Å²) in [5.74, 6) is -0.787. The van der Waals surface area contributed by atoms with E-state index in [1.807, 2.05) is 74.5 Å². The summed E-state index contributed by atoms with van der Waals surface area (Å²) in [7, 11) is 0. The summed E-state index contributed by atoms with van der Waals surface area (Å²) in [5, 5.41) is 11.3. The Morgan fingerprint density at radius 2 is 1.32 bits per heavy atom. The number of hydrogen-bond acceptors (Lipinski definition) is 4. The second-order valence-electron chi connectivity index (χ2n) is 8.68.